The number of nitrogens with one attached hydrogen (secondary N) is 2. The molecule has 0 aliphatic heterocycles. The van der Waals surface area contributed by atoms with Gasteiger partial charge in [-0.25, -0.2) is 4.98 Å². The largest absolute Gasteiger partial charge is 0.367 e. The first-order valence-corrected chi connectivity index (χ1v) is 7.30. The van der Waals surface area contributed by atoms with Gasteiger partial charge in [0.25, 0.3) is 5.91 Å². The second-order valence-electron chi connectivity index (χ2n) is 4.78. The van der Waals surface area contributed by atoms with Crippen LogP contribution in [-0.2, 0) is 0 Å². The first-order chi connectivity index (χ1) is 9.72. The van der Waals surface area contributed by atoms with Crippen LogP contribution in [0.3, 0.4) is 0 Å². The Bertz CT molecular complexity index is 641. The molecule has 1 fully saturated rings. The molecule has 20 heavy (non-hydrogen) atoms. The predicted octanol–water partition coefficient (Wildman–Crippen LogP) is 3.67. The molecule has 1 amide bonds. The van der Waals surface area contributed by atoms with E-state index < -0.39 is 0 Å². The van der Waals surface area contributed by atoms with Crippen LogP contribution in [0.1, 0.15) is 23.2 Å². The quantitative estimate of drug-likeness (QED) is 0.898. The molecular weight excluding hydrogens is 318 g/mol. The van der Waals surface area contributed by atoms with Gasteiger partial charge in [-0.1, -0.05) is 22.0 Å². The Morgan fingerprint density at radius 1 is 1.25 bits per heavy atom. The van der Waals surface area contributed by atoms with Crippen molar-refractivity contribution in [2.24, 2.45) is 0 Å². The molecule has 0 radical (unpaired) electrons. The number of anilines is 2. The standard InChI is InChI=1S/C15H14BrN3O/c16-10-3-1-4-12(9-10)19-15(20)13-5-2-8-17-14(13)18-11-6-7-11/h1-5,8-9,11H,6-7H2,(H,17,18)(H,19,20). The highest BCUT2D eigenvalue weighted by Gasteiger charge is 2.23. The molecule has 1 heterocycles. The summed E-state index contributed by atoms with van der Waals surface area (Å²) >= 11 is 3.39. The van der Waals surface area contributed by atoms with Crippen molar-refractivity contribution >= 4 is 33.3 Å². The van der Waals surface area contributed by atoms with E-state index in [9.17, 15) is 4.79 Å². The lowest BCUT2D eigenvalue weighted by Crippen LogP contribution is -2.16. The van der Waals surface area contributed by atoms with E-state index >= 15 is 0 Å². The second kappa shape index (κ2) is 5.63. The van der Waals surface area contributed by atoms with E-state index in [1.54, 1.807) is 18.3 Å². The summed E-state index contributed by atoms with van der Waals surface area (Å²) in [6, 6.07) is 11.5. The van der Waals surface area contributed by atoms with Gasteiger partial charge < -0.3 is 10.6 Å². The van der Waals surface area contributed by atoms with Crippen LogP contribution < -0.4 is 10.6 Å². The molecule has 1 saturated carbocycles. The molecule has 5 heteroatoms. The minimum absolute atomic E-state index is 0.153. The highest BCUT2D eigenvalue weighted by atomic mass is 79.9. The van der Waals surface area contributed by atoms with Crippen molar-refractivity contribution < 1.29 is 4.79 Å². The summed E-state index contributed by atoms with van der Waals surface area (Å²) in [5.74, 6) is 0.502. The number of rotatable bonds is 4. The molecule has 2 N–H and O–H groups in total. The van der Waals surface area contributed by atoms with Crippen molar-refractivity contribution in [3.8, 4) is 0 Å². The van der Waals surface area contributed by atoms with E-state index in [1.807, 2.05) is 24.3 Å². The van der Waals surface area contributed by atoms with Crippen molar-refractivity contribution in [2.45, 2.75) is 18.9 Å². The maximum Gasteiger partial charge on any atom is 0.259 e. The SMILES string of the molecule is O=C(Nc1cccc(Br)c1)c1cccnc1NC1CC1. The fourth-order valence-electron chi connectivity index (χ4n) is 1.89. The molecule has 1 aromatic carbocycles. The monoisotopic (exact) mass is 331 g/mol. The maximum absolute atomic E-state index is 12.3. The van der Waals surface area contributed by atoms with Crippen LogP contribution in [0.2, 0.25) is 0 Å². The van der Waals surface area contributed by atoms with Gasteiger partial charge in [-0.05, 0) is 43.2 Å². The average Bonchev–Trinajstić information content (AvgIpc) is 3.23. The Morgan fingerprint density at radius 2 is 2.10 bits per heavy atom. The Labute approximate surface area is 125 Å². The molecule has 102 valence electrons. The summed E-state index contributed by atoms with van der Waals surface area (Å²) < 4.78 is 0.929. The Kier molecular flexibility index (Phi) is 3.69. The third kappa shape index (κ3) is 3.17. The highest BCUT2D eigenvalue weighted by molar-refractivity contribution is 9.10. The summed E-state index contributed by atoms with van der Waals surface area (Å²) in [4.78, 5) is 16.6. The van der Waals surface area contributed by atoms with Gasteiger partial charge in [-0.3, -0.25) is 4.79 Å². The maximum atomic E-state index is 12.3. The molecule has 0 spiro atoms. The van der Waals surface area contributed by atoms with E-state index in [4.69, 9.17) is 0 Å². The molecule has 0 bridgehead atoms. The molecule has 0 atom stereocenters. The number of halogens is 1. The third-order valence-electron chi connectivity index (χ3n) is 3.05. The van der Waals surface area contributed by atoms with Crippen molar-refractivity contribution in [3.63, 3.8) is 0 Å². The van der Waals surface area contributed by atoms with Gasteiger partial charge >= 0.3 is 0 Å². The lowest BCUT2D eigenvalue weighted by Gasteiger charge is -2.10. The zero-order chi connectivity index (χ0) is 13.9. The Hall–Kier alpha value is -1.88. The van der Waals surface area contributed by atoms with E-state index in [2.05, 4.69) is 31.5 Å². The topological polar surface area (TPSA) is 54.0 Å². The van der Waals surface area contributed by atoms with Gasteiger partial charge in [-0.15, -0.1) is 0 Å². The van der Waals surface area contributed by atoms with Crippen molar-refractivity contribution in [1.29, 1.82) is 0 Å². The van der Waals surface area contributed by atoms with Crippen molar-refractivity contribution in [1.82, 2.24) is 4.98 Å². The number of benzene rings is 1. The third-order valence-corrected chi connectivity index (χ3v) is 3.55. The number of pyridine rings is 1. The van der Waals surface area contributed by atoms with Gasteiger partial charge in [0.05, 0.1) is 5.56 Å². The van der Waals surface area contributed by atoms with Crippen LogP contribution in [0.5, 0.6) is 0 Å². The summed E-state index contributed by atoms with van der Waals surface area (Å²) in [7, 11) is 0. The van der Waals surface area contributed by atoms with Crippen LogP contribution >= 0.6 is 15.9 Å². The first kappa shape index (κ1) is 13.1. The normalized spacial score (nSPS) is 13.8. The number of hydrogen-bond acceptors (Lipinski definition) is 3. The van der Waals surface area contributed by atoms with Gasteiger partial charge in [0.1, 0.15) is 5.82 Å². The number of hydrogen-bond donors (Lipinski definition) is 2. The molecule has 0 unspecified atom stereocenters. The fraction of sp³-hybridized carbons (Fsp3) is 0.200. The molecule has 4 nitrogen and oxygen atoms in total. The molecule has 1 aliphatic rings. The lowest BCUT2D eigenvalue weighted by molar-refractivity contribution is 0.102. The summed E-state index contributed by atoms with van der Waals surface area (Å²) in [5, 5.41) is 6.17. The summed E-state index contributed by atoms with van der Waals surface area (Å²) in [6.07, 6.45) is 3.98. The Morgan fingerprint density at radius 3 is 2.85 bits per heavy atom. The minimum atomic E-state index is -0.153. The second-order valence-corrected chi connectivity index (χ2v) is 5.70. The number of amides is 1. The number of nitrogens with zero attached hydrogens (tertiary/aromatic N) is 1. The minimum Gasteiger partial charge on any atom is -0.367 e. The lowest BCUT2D eigenvalue weighted by atomic mass is 10.2. The average molecular weight is 332 g/mol. The van der Waals surface area contributed by atoms with Crippen LogP contribution in [-0.4, -0.2) is 16.9 Å². The van der Waals surface area contributed by atoms with E-state index in [1.165, 1.54) is 0 Å². The van der Waals surface area contributed by atoms with Crippen molar-refractivity contribution in [2.75, 3.05) is 10.6 Å². The molecule has 1 aromatic heterocycles. The zero-order valence-corrected chi connectivity index (χ0v) is 12.4. The smallest absolute Gasteiger partial charge is 0.259 e. The summed E-state index contributed by atoms with van der Waals surface area (Å²) in [5.41, 5.74) is 1.32. The summed E-state index contributed by atoms with van der Waals surface area (Å²) in [6.45, 7) is 0. The number of carbonyl (C=O) groups excluding carboxylic acids is 1. The highest BCUT2D eigenvalue weighted by Crippen LogP contribution is 2.26. The predicted molar refractivity (Wildman–Crippen MR) is 83.0 cm³/mol. The van der Waals surface area contributed by atoms with Crippen LogP contribution in [0, 0.1) is 0 Å². The van der Waals surface area contributed by atoms with E-state index in [-0.39, 0.29) is 5.91 Å². The van der Waals surface area contributed by atoms with Gasteiger partial charge in [0, 0.05) is 22.4 Å². The first-order valence-electron chi connectivity index (χ1n) is 6.51. The Balaban J connectivity index is 1.79. The van der Waals surface area contributed by atoms with Gasteiger partial charge in [0.15, 0.2) is 0 Å². The van der Waals surface area contributed by atoms with Crippen LogP contribution in [0.4, 0.5) is 11.5 Å². The molecule has 2 aromatic rings. The number of carbonyl (C=O) groups is 1. The zero-order valence-electron chi connectivity index (χ0n) is 10.8. The molecular formula is C15H14BrN3O. The van der Waals surface area contributed by atoms with E-state index in [0.29, 0.717) is 17.4 Å². The van der Waals surface area contributed by atoms with Crippen molar-refractivity contribution in [3.05, 3.63) is 52.6 Å². The van der Waals surface area contributed by atoms with E-state index in [0.717, 1.165) is 23.0 Å². The number of aromatic nitrogens is 1. The molecule has 1 aliphatic carbocycles. The van der Waals surface area contributed by atoms with Gasteiger partial charge in [0.2, 0.25) is 0 Å². The molecule has 0 saturated heterocycles. The fourth-order valence-corrected chi connectivity index (χ4v) is 2.29. The van der Waals surface area contributed by atoms with Crippen LogP contribution in [0.25, 0.3) is 0 Å². The molecule has 3 rings (SSSR count). The van der Waals surface area contributed by atoms with Crippen LogP contribution in [0.15, 0.2) is 47.1 Å². The van der Waals surface area contributed by atoms with Gasteiger partial charge in [-0.2, -0.15) is 0 Å².